The molecule has 0 aliphatic carbocycles. The van der Waals surface area contributed by atoms with E-state index >= 15 is 0 Å². The molecule has 1 aromatic heterocycles. The summed E-state index contributed by atoms with van der Waals surface area (Å²) in [7, 11) is 0. The van der Waals surface area contributed by atoms with Gasteiger partial charge < -0.3 is 15.3 Å². The lowest BCUT2D eigenvalue weighted by molar-refractivity contribution is -0.0972. The maximum Gasteiger partial charge on any atom is 0.140 e. The highest BCUT2D eigenvalue weighted by Crippen LogP contribution is 2.15. The lowest BCUT2D eigenvalue weighted by Gasteiger charge is -2.36. The molecule has 0 radical (unpaired) electrons. The monoisotopic (exact) mass is 252 g/mol. The highest BCUT2D eigenvalue weighted by atomic mass is 16.5. The van der Waals surface area contributed by atoms with Gasteiger partial charge in [0.05, 0.1) is 18.8 Å². The molecule has 0 aromatic carbocycles. The average Bonchev–Trinajstić information content (AvgIpc) is 2.38. The molecule has 100 valence electrons. The van der Waals surface area contributed by atoms with Crippen LogP contribution in [0.5, 0.6) is 0 Å². The summed E-state index contributed by atoms with van der Waals surface area (Å²) >= 11 is 0. The molecule has 0 spiro atoms. The average molecular weight is 252 g/mol. The summed E-state index contributed by atoms with van der Waals surface area (Å²) in [4.78, 5) is 6.35. The van der Waals surface area contributed by atoms with Crippen LogP contribution in [0.4, 0.5) is 5.82 Å². The second-order valence-corrected chi connectivity index (χ2v) is 4.64. The van der Waals surface area contributed by atoms with Gasteiger partial charge in [0, 0.05) is 25.8 Å². The van der Waals surface area contributed by atoms with E-state index in [4.69, 9.17) is 10.6 Å². The SMILES string of the molecule is CC1CN(Cc2ccnc(NN)c2)CC(CO)O1. The normalized spacial score (nSPS) is 25.1. The van der Waals surface area contributed by atoms with Gasteiger partial charge in [0.1, 0.15) is 5.82 Å². The number of hydrazine groups is 1. The Kier molecular flexibility index (Phi) is 4.48. The second-order valence-electron chi connectivity index (χ2n) is 4.64. The number of aromatic nitrogens is 1. The van der Waals surface area contributed by atoms with Crippen LogP contribution in [0.1, 0.15) is 12.5 Å². The smallest absolute Gasteiger partial charge is 0.140 e. The maximum absolute atomic E-state index is 9.19. The van der Waals surface area contributed by atoms with Gasteiger partial charge in [-0.2, -0.15) is 0 Å². The summed E-state index contributed by atoms with van der Waals surface area (Å²) in [5.74, 6) is 6.00. The fourth-order valence-electron chi connectivity index (χ4n) is 2.28. The Morgan fingerprint density at radius 3 is 3.17 bits per heavy atom. The summed E-state index contributed by atoms with van der Waals surface area (Å²) in [5, 5.41) is 9.19. The van der Waals surface area contributed by atoms with Crippen molar-refractivity contribution in [3.63, 3.8) is 0 Å². The first-order chi connectivity index (χ1) is 8.71. The number of hydrogen-bond acceptors (Lipinski definition) is 6. The summed E-state index contributed by atoms with van der Waals surface area (Å²) < 4.78 is 5.61. The van der Waals surface area contributed by atoms with Crippen LogP contribution in [-0.2, 0) is 11.3 Å². The van der Waals surface area contributed by atoms with Crippen LogP contribution in [0.2, 0.25) is 0 Å². The second kappa shape index (κ2) is 6.10. The standard InChI is InChI=1S/C12H20N4O2/c1-9-5-16(7-11(8-17)18-9)6-10-2-3-14-12(4-10)15-13/h2-4,9,11,17H,5-8,13H2,1H3,(H,14,15). The Hall–Kier alpha value is -1.21. The molecule has 6 nitrogen and oxygen atoms in total. The molecule has 1 fully saturated rings. The molecule has 0 saturated carbocycles. The predicted molar refractivity (Wildman–Crippen MR) is 68.7 cm³/mol. The molecule has 0 bridgehead atoms. The molecule has 1 aromatic rings. The van der Waals surface area contributed by atoms with Crippen LogP contribution >= 0.6 is 0 Å². The number of anilines is 1. The molecule has 18 heavy (non-hydrogen) atoms. The molecule has 0 amide bonds. The highest BCUT2D eigenvalue weighted by molar-refractivity contribution is 5.35. The number of nitrogens with two attached hydrogens (primary N) is 1. The topological polar surface area (TPSA) is 83.6 Å². The zero-order valence-electron chi connectivity index (χ0n) is 10.5. The molecule has 2 heterocycles. The first kappa shape index (κ1) is 13.2. The van der Waals surface area contributed by atoms with Crippen molar-refractivity contribution in [1.29, 1.82) is 0 Å². The quantitative estimate of drug-likeness (QED) is 0.515. The van der Waals surface area contributed by atoms with Gasteiger partial charge in [-0.05, 0) is 24.6 Å². The Morgan fingerprint density at radius 2 is 2.44 bits per heavy atom. The summed E-state index contributed by atoms with van der Waals surface area (Å²) in [6, 6.07) is 3.89. The number of pyridine rings is 1. The Bertz CT molecular complexity index is 388. The Morgan fingerprint density at radius 1 is 1.61 bits per heavy atom. The molecule has 1 aliphatic rings. The first-order valence-corrected chi connectivity index (χ1v) is 6.11. The maximum atomic E-state index is 9.19. The number of rotatable bonds is 4. The summed E-state index contributed by atoms with van der Waals surface area (Å²) in [5.41, 5.74) is 3.68. The van der Waals surface area contributed by atoms with Crippen LogP contribution < -0.4 is 11.3 Å². The lowest BCUT2D eigenvalue weighted by atomic mass is 10.2. The van der Waals surface area contributed by atoms with E-state index in [-0.39, 0.29) is 18.8 Å². The van der Waals surface area contributed by atoms with Gasteiger partial charge in [0.2, 0.25) is 0 Å². The Labute approximate surface area is 107 Å². The molecule has 4 N–H and O–H groups in total. The zero-order valence-corrected chi connectivity index (χ0v) is 10.5. The van der Waals surface area contributed by atoms with E-state index < -0.39 is 0 Å². The van der Waals surface area contributed by atoms with Crippen molar-refractivity contribution in [3.05, 3.63) is 23.9 Å². The minimum absolute atomic E-state index is 0.0623. The number of aliphatic hydroxyl groups excluding tert-OH is 1. The molecule has 1 saturated heterocycles. The van der Waals surface area contributed by atoms with Crippen molar-refractivity contribution in [2.75, 3.05) is 25.1 Å². The zero-order chi connectivity index (χ0) is 13.0. The molecule has 2 unspecified atom stereocenters. The van der Waals surface area contributed by atoms with E-state index in [0.717, 1.165) is 25.2 Å². The van der Waals surface area contributed by atoms with Gasteiger partial charge in [0.15, 0.2) is 0 Å². The van der Waals surface area contributed by atoms with E-state index in [1.54, 1.807) is 6.20 Å². The third-order valence-electron chi connectivity index (χ3n) is 2.98. The van der Waals surface area contributed by atoms with E-state index in [0.29, 0.717) is 5.82 Å². The molecule has 1 aliphatic heterocycles. The number of nitrogens with one attached hydrogen (secondary N) is 1. The van der Waals surface area contributed by atoms with Crippen molar-refractivity contribution in [2.24, 2.45) is 5.84 Å². The third kappa shape index (κ3) is 3.39. The van der Waals surface area contributed by atoms with E-state index in [9.17, 15) is 5.11 Å². The number of morpholine rings is 1. The van der Waals surface area contributed by atoms with Gasteiger partial charge >= 0.3 is 0 Å². The van der Waals surface area contributed by atoms with Gasteiger partial charge in [-0.15, -0.1) is 0 Å². The van der Waals surface area contributed by atoms with Crippen molar-refractivity contribution in [3.8, 4) is 0 Å². The summed E-state index contributed by atoms with van der Waals surface area (Å²) in [6.45, 7) is 4.50. The van der Waals surface area contributed by atoms with Crippen molar-refractivity contribution in [1.82, 2.24) is 9.88 Å². The molecule has 6 heteroatoms. The number of aliphatic hydroxyl groups is 1. The van der Waals surface area contributed by atoms with Gasteiger partial charge in [-0.25, -0.2) is 10.8 Å². The first-order valence-electron chi connectivity index (χ1n) is 6.11. The van der Waals surface area contributed by atoms with Gasteiger partial charge in [0.25, 0.3) is 0 Å². The van der Waals surface area contributed by atoms with E-state index in [1.807, 2.05) is 19.1 Å². The molecule has 2 atom stereocenters. The van der Waals surface area contributed by atoms with Gasteiger partial charge in [-0.3, -0.25) is 4.90 Å². The Balaban J connectivity index is 1.99. The number of nitrogens with zero attached hydrogens (tertiary/aromatic N) is 2. The van der Waals surface area contributed by atoms with Crippen LogP contribution in [0.25, 0.3) is 0 Å². The molecular weight excluding hydrogens is 232 g/mol. The van der Waals surface area contributed by atoms with Crippen molar-refractivity contribution >= 4 is 5.82 Å². The van der Waals surface area contributed by atoms with Crippen molar-refractivity contribution < 1.29 is 9.84 Å². The minimum atomic E-state index is -0.0947. The largest absolute Gasteiger partial charge is 0.394 e. The van der Waals surface area contributed by atoms with Crippen LogP contribution in [0, 0.1) is 0 Å². The van der Waals surface area contributed by atoms with E-state index in [1.165, 1.54) is 0 Å². The molecule has 2 rings (SSSR count). The van der Waals surface area contributed by atoms with Crippen LogP contribution in [0.3, 0.4) is 0 Å². The van der Waals surface area contributed by atoms with Crippen molar-refractivity contribution in [2.45, 2.75) is 25.7 Å². The lowest BCUT2D eigenvalue weighted by Crippen LogP contribution is -2.47. The number of ether oxygens (including phenoxy) is 1. The van der Waals surface area contributed by atoms with Crippen LogP contribution in [0.15, 0.2) is 18.3 Å². The summed E-state index contributed by atoms with van der Waals surface area (Å²) in [6.07, 6.45) is 1.78. The molecular formula is C12H20N4O2. The van der Waals surface area contributed by atoms with Gasteiger partial charge in [-0.1, -0.05) is 0 Å². The highest BCUT2D eigenvalue weighted by Gasteiger charge is 2.24. The fourth-order valence-corrected chi connectivity index (χ4v) is 2.28. The predicted octanol–water partition coefficient (Wildman–Crippen LogP) is -0.0512. The third-order valence-corrected chi connectivity index (χ3v) is 2.98. The number of nitrogen functional groups attached to an aromatic ring is 1. The minimum Gasteiger partial charge on any atom is -0.394 e. The van der Waals surface area contributed by atoms with Crippen LogP contribution in [-0.4, -0.2) is 46.9 Å². The number of hydrogen-bond donors (Lipinski definition) is 3. The van der Waals surface area contributed by atoms with E-state index in [2.05, 4.69) is 15.3 Å². The fraction of sp³-hybridized carbons (Fsp3) is 0.583.